The fourth-order valence-corrected chi connectivity index (χ4v) is 3.96. The van der Waals surface area contributed by atoms with Gasteiger partial charge in [-0.2, -0.15) is 0 Å². The van der Waals surface area contributed by atoms with Crippen molar-refractivity contribution in [3.8, 4) is 0 Å². The van der Waals surface area contributed by atoms with Gasteiger partial charge in [-0.25, -0.2) is 8.42 Å². The van der Waals surface area contributed by atoms with E-state index >= 15 is 0 Å². The Morgan fingerprint density at radius 2 is 1.77 bits per heavy atom. The third kappa shape index (κ3) is 7.42. The van der Waals surface area contributed by atoms with Crippen LogP contribution in [0.2, 0.25) is 0 Å². The summed E-state index contributed by atoms with van der Waals surface area (Å²) in [6.07, 6.45) is 8.38. The summed E-state index contributed by atoms with van der Waals surface area (Å²) in [5.74, 6) is 1.75. The van der Waals surface area contributed by atoms with Crippen molar-refractivity contribution < 1.29 is 8.42 Å². The highest BCUT2D eigenvalue weighted by Gasteiger charge is 2.20. The summed E-state index contributed by atoms with van der Waals surface area (Å²) in [4.78, 5) is 4.68. The lowest BCUT2D eigenvalue weighted by Gasteiger charge is -2.29. The van der Waals surface area contributed by atoms with E-state index in [1.807, 2.05) is 12.1 Å². The summed E-state index contributed by atoms with van der Waals surface area (Å²) in [6.45, 7) is 3.05. The predicted octanol–water partition coefficient (Wildman–Crippen LogP) is 3.38. The minimum absolute atomic E-state index is 0. The molecule has 2 rings (SSSR count). The van der Waals surface area contributed by atoms with E-state index < -0.39 is 9.84 Å². The van der Waals surface area contributed by atoms with Crippen LogP contribution < -0.4 is 10.6 Å². The first-order valence-corrected chi connectivity index (χ1v) is 11.1. The summed E-state index contributed by atoms with van der Waals surface area (Å²) in [7, 11) is -1.33. The van der Waals surface area contributed by atoms with Crippen molar-refractivity contribution in [2.75, 3.05) is 19.8 Å². The molecule has 0 atom stereocenters. The van der Waals surface area contributed by atoms with Gasteiger partial charge in [0, 0.05) is 25.9 Å². The molecule has 0 heterocycles. The smallest absolute Gasteiger partial charge is 0.191 e. The van der Waals surface area contributed by atoms with Gasteiger partial charge < -0.3 is 10.6 Å². The van der Waals surface area contributed by atoms with Crippen LogP contribution in [0.3, 0.4) is 0 Å². The molecule has 0 unspecified atom stereocenters. The molecule has 0 aromatic heterocycles. The zero-order valence-corrected chi connectivity index (χ0v) is 19.1. The fourth-order valence-electron chi connectivity index (χ4n) is 3.33. The van der Waals surface area contributed by atoms with Crippen molar-refractivity contribution in [1.29, 1.82) is 0 Å². The second-order valence-corrected chi connectivity index (χ2v) is 8.95. The van der Waals surface area contributed by atoms with Crippen LogP contribution in [0.4, 0.5) is 0 Å². The first-order valence-electron chi connectivity index (χ1n) is 9.18. The number of nitrogens with zero attached hydrogens (tertiary/aromatic N) is 1. The maximum atomic E-state index is 11.5. The first kappa shape index (κ1) is 23.2. The Bertz CT molecular complexity index is 667. The molecule has 1 aliphatic rings. The fraction of sp³-hybridized carbons (Fsp3) is 0.632. The summed E-state index contributed by atoms with van der Waals surface area (Å²) in [5.41, 5.74) is 1.11. The number of rotatable bonds is 6. The molecule has 1 aromatic rings. The molecule has 26 heavy (non-hydrogen) atoms. The van der Waals surface area contributed by atoms with Crippen LogP contribution in [0.25, 0.3) is 0 Å². The number of nitrogens with one attached hydrogen (secondary N) is 2. The Hall–Kier alpha value is -0.830. The van der Waals surface area contributed by atoms with E-state index in [0.29, 0.717) is 10.9 Å². The molecule has 1 fully saturated rings. The van der Waals surface area contributed by atoms with Crippen molar-refractivity contribution >= 4 is 39.8 Å². The number of aliphatic imine (C=N–C) groups is 1. The lowest BCUT2D eigenvalue weighted by Crippen LogP contribution is -2.45. The van der Waals surface area contributed by atoms with E-state index in [9.17, 15) is 8.42 Å². The molecule has 0 aliphatic heterocycles. The molecule has 0 bridgehead atoms. The van der Waals surface area contributed by atoms with Gasteiger partial charge in [0.2, 0.25) is 0 Å². The Morgan fingerprint density at radius 1 is 1.15 bits per heavy atom. The molecule has 1 aromatic carbocycles. The standard InChI is InChI=1S/C19H31N3O2S.HI/c1-4-15-5-9-17(10-6-15)22-19(20-2)21-14-13-16-7-11-18(12-8-16)25(3,23)24;/h7-8,11-12,15,17H,4-6,9-10,13-14H2,1-3H3,(H2,20,21,22);1H. The predicted molar refractivity (Wildman–Crippen MR) is 119 cm³/mol. The number of sulfone groups is 1. The molecule has 5 nitrogen and oxygen atoms in total. The van der Waals surface area contributed by atoms with Gasteiger partial charge >= 0.3 is 0 Å². The minimum atomic E-state index is -3.12. The Morgan fingerprint density at radius 3 is 2.27 bits per heavy atom. The maximum absolute atomic E-state index is 11.5. The molecular formula is C19H32IN3O2S. The number of hydrogen-bond acceptors (Lipinski definition) is 3. The Balaban J connectivity index is 0.00000338. The summed E-state index contributed by atoms with van der Waals surface area (Å²) in [6, 6.07) is 7.61. The average molecular weight is 493 g/mol. The monoisotopic (exact) mass is 493 g/mol. The van der Waals surface area contributed by atoms with Gasteiger partial charge in [0.15, 0.2) is 15.8 Å². The number of hydrogen-bond donors (Lipinski definition) is 2. The summed E-state index contributed by atoms with van der Waals surface area (Å²) >= 11 is 0. The van der Waals surface area contributed by atoms with Crippen molar-refractivity contribution in [1.82, 2.24) is 10.6 Å². The molecule has 0 spiro atoms. The largest absolute Gasteiger partial charge is 0.356 e. The van der Waals surface area contributed by atoms with Crippen molar-refractivity contribution in [2.24, 2.45) is 10.9 Å². The van der Waals surface area contributed by atoms with Crippen LogP contribution in [0.1, 0.15) is 44.6 Å². The molecule has 148 valence electrons. The third-order valence-electron chi connectivity index (χ3n) is 5.05. The zero-order valence-electron chi connectivity index (χ0n) is 16.0. The third-order valence-corrected chi connectivity index (χ3v) is 6.17. The molecule has 0 amide bonds. The van der Waals surface area contributed by atoms with Gasteiger partial charge in [0.05, 0.1) is 4.90 Å². The lowest BCUT2D eigenvalue weighted by atomic mass is 9.84. The lowest BCUT2D eigenvalue weighted by molar-refractivity contribution is 0.304. The summed E-state index contributed by atoms with van der Waals surface area (Å²) < 4.78 is 23.0. The molecule has 0 radical (unpaired) electrons. The van der Waals surface area contributed by atoms with E-state index in [4.69, 9.17) is 0 Å². The van der Waals surface area contributed by atoms with Gasteiger partial charge in [0.25, 0.3) is 0 Å². The van der Waals surface area contributed by atoms with Crippen LogP contribution in [0, 0.1) is 5.92 Å². The summed E-state index contributed by atoms with van der Waals surface area (Å²) in [5, 5.41) is 6.88. The van der Waals surface area contributed by atoms with E-state index in [1.54, 1.807) is 19.2 Å². The molecule has 0 saturated heterocycles. The van der Waals surface area contributed by atoms with Crippen molar-refractivity contribution in [2.45, 2.75) is 56.4 Å². The second-order valence-electron chi connectivity index (χ2n) is 6.94. The Labute approximate surface area is 175 Å². The van der Waals surface area contributed by atoms with Gasteiger partial charge in [-0.3, -0.25) is 4.99 Å². The SMILES string of the molecule is CCC1CCC(NC(=NC)NCCc2ccc(S(C)(=O)=O)cc2)CC1.I. The molecular weight excluding hydrogens is 461 g/mol. The topological polar surface area (TPSA) is 70.6 Å². The van der Waals surface area contributed by atoms with E-state index in [0.717, 1.165) is 30.4 Å². The van der Waals surface area contributed by atoms with Crippen LogP contribution in [0.5, 0.6) is 0 Å². The molecule has 1 aliphatic carbocycles. The van der Waals surface area contributed by atoms with Gasteiger partial charge in [0.1, 0.15) is 0 Å². The molecule has 7 heteroatoms. The van der Waals surface area contributed by atoms with Crippen molar-refractivity contribution in [3.63, 3.8) is 0 Å². The second kappa shape index (κ2) is 11.1. The normalized spacial score (nSPS) is 21.0. The highest BCUT2D eigenvalue weighted by Crippen LogP contribution is 2.26. The first-order chi connectivity index (χ1) is 11.9. The van der Waals surface area contributed by atoms with Crippen LogP contribution in [-0.4, -0.2) is 40.3 Å². The van der Waals surface area contributed by atoms with Crippen LogP contribution in [-0.2, 0) is 16.3 Å². The van der Waals surface area contributed by atoms with Gasteiger partial charge in [-0.1, -0.05) is 25.5 Å². The van der Waals surface area contributed by atoms with Crippen LogP contribution in [0.15, 0.2) is 34.2 Å². The highest BCUT2D eigenvalue weighted by atomic mass is 127. The van der Waals surface area contributed by atoms with E-state index in [-0.39, 0.29) is 24.0 Å². The average Bonchev–Trinajstić information content (AvgIpc) is 2.61. The molecule has 1 saturated carbocycles. The maximum Gasteiger partial charge on any atom is 0.191 e. The number of halogens is 1. The zero-order chi connectivity index (χ0) is 18.3. The quantitative estimate of drug-likeness (QED) is 0.362. The Kier molecular flexibility index (Phi) is 9.92. The number of benzene rings is 1. The highest BCUT2D eigenvalue weighted by molar-refractivity contribution is 14.0. The van der Waals surface area contributed by atoms with Crippen LogP contribution >= 0.6 is 24.0 Å². The van der Waals surface area contributed by atoms with E-state index in [1.165, 1.54) is 38.4 Å². The minimum Gasteiger partial charge on any atom is -0.356 e. The van der Waals surface area contributed by atoms with Gasteiger partial charge in [-0.15, -0.1) is 24.0 Å². The molecule has 2 N–H and O–H groups in total. The van der Waals surface area contributed by atoms with Crippen molar-refractivity contribution in [3.05, 3.63) is 29.8 Å². The van der Waals surface area contributed by atoms with E-state index in [2.05, 4.69) is 22.5 Å². The number of guanidine groups is 1. The van der Waals surface area contributed by atoms with Gasteiger partial charge in [-0.05, 0) is 55.7 Å².